The summed E-state index contributed by atoms with van der Waals surface area (Å²) in [6.45, 7) is 8.69. The van der Waals surface area contributed by atoms with E-state index in [0.29, 0.717) is 0 Å². The highest BCUT2D eigenvalue weighted by molar-refractivity contribution is 5.85. The third-order valence-corrected chi connectivity index (χ3v) is 3.83. The molecule has 5 heteroatoms. The van der Waals surface area contributed by atoms with Crippen LogP contribution < -0.4 is 9.47 Å². The van der Waals surface area contributed by atoms with Gasteiger partial charge in [-0.25, -0.2) is 0 Å². The van der Waals surface area contributed by atoms with Crippen LogP contribution in [0, 0.1) is 0 Å². The topological polar surface area (TPSA) is 30.9 Å². The fraction of sp³-hybridized carbons (Fsp3) is 0.667. The van der Waals surface area contributed by atoms with Gasteiger partial charge in [-0.2, -0.15) is 0 Å². The van der Waals surface area contributed by atoms with E-state index in [1.807, 2.05) is 24.3 Å². The molecule has 1 aliphatic heterocycles. The minimum Gasteiger partial charge on any atom is -0.490 e. The lowest BCUT2D eigenvalue weighted by molar-refractivity contribution is 0.0367. The zero-order valence-electron chi connectivity index (χ0n) is 14.2. The first-order chi connectivity index (χ1) is 10.9. The first kappa shape index (κ1) is 20.1. The van der Waals surface area contributed by atoms with Gasteiger partial charge in [0.25, 0.3) is 0 Å². The first-order valence-corrected chi connectivity index (χ1v) is 8.55. The standard InChI is InChI=1S/C18H29NO3.ClH/c1-2-3-13-21-17-8-4-5-9-18(17)22-14-7-6-10-19-11-15-20-16-12-19;/h4-5,8-9H,2-3,6-7,10-16H2,1H3;1H. The summed E-state index contributed by atoms with van der Waals surface area (Å²) in [5.41, 5.74) is 0. The maximum absolute atomic E-state index is 5.89. The molecule has 2 rings (SSSR count). The average Bonchev–Trinajstić information content (AvgIpc) is 2.57. The summed E-state index contributed by atoms with van der Waals surface area (Å²) in [6.07, 6.45) is 4.46. The number of unbranched alkanes of at least 4 members (excludes halogenated alkanes) is 2. The fourth-order valence-corrected chi connectivity index (χ4v) is 2.46. The predicted octanol–water partition coefficient (Wildman–Crippen LogP) is 3.78. The maximum atomic E-state index is 5.89. The largest absolute Gasteiger partial charge is 0.490 e. The molecule has 0 atom stereocenters. The van der Waals surface area contributed by atoms with E-state index >= 15 is 0 Å². The van der Waals surface area contributed by atoms with Gasteiger partial charge in [0.15, 0.2) is 11.5 Å². The molecule has 0 aromatic heterocycles. The molecule has 1 fully saturated rings. The second-order valence-corrected chi connectivity index (χ2v) is 5.66. The number of ether oxygens (including phenoxy) is 3. The van der Waals surface area contributed by atoms with Crippen molar-refractivity contribution in [2.45, 2.75) is 32.6 Å². The molecule has 0 aliphatic carbocycles. The van der Waals surface area contributed by atoms with E-state index in [-0.39, 0.29) is 12.4 Å². The smallest absolute Gasteiger partial charge is 0.161 e. The Bertz CT molecular complexity index is 411. The number of nitrogens with zero attached hydrogens (tertiary/aromatic N) is 1. The minimum atomic E-state index is 0. The Morgan fingerprint density at radius 2 is 1.57 bits per heavy atom. The summed E-state index contributed by atoms with van der Waals surface area (Å²) >= 11 is 0. The molecular formula is C18H30ClNO3. The zero-order valence-corrected chi connectivity index (χ0v) is 15.0. The molecule has 4 nitrogen and oxygen atoms in total. The van der Waals surface area contributed by atoms with Crippen molar-refractivity contribution < 1.29 is 14.2 Å². The van der Waals surface area contributed by atoms with Crippen LogP contribution in [-0.4, -0.2) is 51.0 Å². The number of benzene rings is 1. The molecule has 1 aromatic carbocycles. The van der Waals surface area contributed by atoms with Crippen molar-refractivity contribution in [1.29, 1.82) is 0 Å². The van der Waals surface area contributed by atoms with Crippen molar-refractivity contribution in [3.8, 4) is 11.5 Å². The van der Waals surface area contributed by atoms with Gasteiger partial charge in [0, 0.05) is 13.1 Å². The van der Waals surface area contributed by atoms with E-state index in [1.54, 1.807) is 0 Å². The molecule has 1 aromatic rings. The molecule has 23 heavy (non-hydrogen) atoms. The van der Waals surface area contributed by atoms with E-state index in [4.69, 9.17) is 14.2 Å². The quantitative estimate of drug-likeness (QED) is 0.605. The van der Waals surface area contributed by atoms with Crippen LogP contribution in [0.5, 0.6) is 11.5 Å². The summed E-state index contributed by atoms with van der Waals surface area (Å²) in [4.78, 5) is 2.46. The number of hydrogen-bond acceptors (Lipinski definition) is 4. The van der Waals surface area contributed by atoms with Gasteiger partial charge in [0.05, 0.1) is 26.4 Å². The monoisotopic (exact) mass is 343 g/mol. The lowest BCUT2D eigenvalue weighted by Gasteiger charge is -2.26. The Morgan fingerprint density at radius 1 is 0.957 bits per heavy atom. The Morgan fingerprint density at radius 3 is 2.17 bits per heavy atom. The van der Waals surface area contributed by atoms with Crippen LogP contribution in [0.4, 0.5) is 0 Å². The second kappa shape index (κ2) is 12.5. The van der Waals surface area contributed by atoms with E-state index < -0.39 is 0 Å². The lowest BCUT2D eigenvalue weighted by atomic mass is 10.3. The van der Waals surface area contributed by atoms with Crippen LogP contribution in [-0.2, 0) is 4.74 Å². The molecule has 0 spiro atoms. The highest BCUT2D eigenvalue weighted by atomic mass is 35.5. The van der Waals surface area contributed by atoms with Crippen LogP contribution in [0.15, 0.2) is 24.3 Å². The minimum absolute atomic E-state index is 0. The van der Waals surface area contributed by atoms with E-state index in [9.17, 15) is 0 Å². The van der Waals surface area contributed by atoms with E-state index in [1.165, 1.54) is 6.42 Å². The molecule has 0 bridgehead atoms. The van der Waals surface area contributed by atoms with Crippen molar-refractivity contribution in [1.82, 2.24) is 4.90 Å². The molecule has 0 radical (unpaired) electrons. The molecule has 1 saturated heterocycles. The Hall–Kier alpha value is -0.970. The molecule has 0 N–H and O–H groups in total. The second-order valence-electron chi connectivity index (χ2n) is 5.66. The molecule has 0 unspecified atom stereocenters. The highest BCUT2D eigenvalue weighted by Gasteiger charge is 2.09. The summed E-state index contributed by atoms with van der Waals surface area (Å²) in [5.74, 6) is 1.73. The summed E-state index contributed by atoms with van der Waals surface area (Å²) < 4.78 is 17.0. The molecule has 1 heterocycles. The van der Waals surface area contributed by atoms with Gasteiger partial charge in [0.2, 0.25) is 0 Å². The SMILES string of the molecule is CCCCOc1ccccc1OCCCCN1CCOCC1.Cl. The Labute approximate surface area is 146 Å². The van der Waals surface area contributed by atoms with Crippen LogP contribution in [0.3, 0.4) is 0 Å². The third-order valence-electron chi connectivity index (χ3n) is 3.83. The number of para-hydroxylation sites is 2. The van der Waals surface area contributed by atoms with Gasteiger partial charge in [0.1, 0.15) is 0 Å². The molecule has 0 saturated carbocycles. The van der Waals surface area contributed by atoms with Crippen molar-refractivity contribution >= 4 is 12.4 Å². The number of morpholine rings is 1. The maximum Gasteiger partial charge on any atom is 0.161 e. The third kappa shape index (κ3) is 7.91. The summed E-state index contributed by atoms with van der Waals surface area (Å²) in [5, 5.41) is 0. The van der Waals surface area contributed by atoms with Crippen molar-refractivity contribution in [2.75, 3.05) is 46.1 Å². The molecule has 1 aliphatic rings. The van der Waals surface area contributed by atoms with Crippen molar-refractivity contribution in [2.24, 2.45) is 0 Å². The number of halogens is 1. The normalized spacial score (nSPS) is 15.0. The van der Waals surface area contributed by atoms with Gasteiger partial charge < -0.3 is 14.2 Å². The summed E-state index contributed by atoms with van der Waals surface area (Å²) in [7, 11) is 0. The van der Waals surface area contributed by atoms with Crippen molar-refractivity contribution in [3.05, 3.63) is 24.3 Å². The highest BCUT2D eigenvalue weighted by Crippen LogP contribution is 2.26. The Balaban J connectivity index is 0.00000264. The lowest BCUT2D eigenvalue weighted by Crippen LogP contribution is -2.36. The van der Waals surface area contributed by atoms with Crippen LogP contribution in [0.1, 0.15) is 32.6 Å². The van der Waals surface area contributed by atoms with E-state index in [0.717, 1.165) is 76.8 Å². The van der Waals surface area contributed by atoms with Crippen molar-refractivity contribution in [3.63, 3.8) is 0 Å². The van der Waals surface area contributed by atoms with Crippen LogP contribution in [0.25, 0.3) is 0 Å². The Kier molecular flexibility index (Phi) is 10.9. The molecule has 132 valence electrons. The van der Waals surface area contributed by atoms with Gasteiger partial charge in [-0.3, -0.25) is 4.90 Å². The molecule has 0 amide bonds. The van der Waals surface area contributed by atoms with Crippen LogP contribution >= 0.6 is 12.4 Å². The zero-order chi connectivity index (χ0) is 15.5. The predicted molar refractivity (Wildman–Crippen MR) is 96.1 cm³/mol. The molecular weight excluding hydrogens is 314 g/mol. The average molecular weight is 344 g/mol. The van der Waals surface area contributed by atoms with Gasteiger partial charge >= 0.3 is 0 Å². The van der Waals surface area contributed by atoms with E-state index in [2.05, 4.69) is 11.8 Å². The summed E-state index contributed by atoms with van der Waals surface area (Å²) in [6, 6.07) is 7.96. The van der Waals surface area contributed by atoms with Gasteiger partial charge in [-0.05, 0) is 37.9 Å². The van der Waals surface area contributed by atoms with Gasteiger partial charge in [-0.1, -0.05) is 25.5 Å². The van der Waals surface area contributed by atoms with Gasteiger partial charge in [-0.15, -0.1) is 12.4 Å². The first-order valence-electron chi connectivity index (χ1n) is 8.55. The fourth-order valence-electron chi connectivity index (χ4n) is 2.46. The number of rotatable bonds is 10. The van der Waals surface area contributed by atoms with Crippen LogP contribution in [0.2, 0.25) is 0 Å². The number of hydrogen-bond donors (Lipinski definition) is 0.